The molecule has 0 bridgehead atoms. The summed E-state index contributed by atoms with van der Waals surface area (Å²) in [6.45, 7) is 7.22. The fraction of sp³-hybridized carbons (Fsp3) is 0.250. The first-order valence-electron chi connectivity index (χ1n) is 9.69. The second-order valence-corrected chi connectivity index (χ2v) is 8.93. The minimum absolute atomic E-state index is 0.185. The van der Waals surface area contributed by atoms with Crippen molar-refractivity contribution >= 4 is 44.0 Å². The Kier molecular flexibility index (Phi) is 5.61. The van der Waals surface area contributed by atoms with Crippen molar-refractivity contribution in [3.8, 4) is 0 Å². The van der Waals surface area contributed by atoms with Gasteiger partial charge in [0.05, 0.1) is 17.3 Å². The average molecular weight is 442 g/mol. The van der Waals surface area contributed by atoms with Crippen LogP contribution in [0.2, 0.25) is 0 Å². The molecular formula is C20H23N7O3S. The van der Waals surface area contributed by atoms with Gasteiger partial charge in [-0.2, -0.15) is 5.10 Å². The van der Waals surface area contributed by atoms with Gasteiger partial charge in [-0.1, -0.05) is 6.58 Å². The number of nitrogens with one attached hydrogen (secondary N) is 3. The molecule has 0 saturated carbocycles. The Bertz CT molecular complexity index is 1210. The summed E-state index contributed by atoms with van der Waals surface area (Å²) in [5, 5.41) is 10.7. The van der Waals surface area contributed by atoms with Crippen molar-refractivity contribution in [1.82, 2.24) is 20.1 Å². The van der Waals surface area contributed by atoms with Gasteiger partial charge in [0.2, 0.25) is 0 Å². The standard InChI is InChI=1S/C20H23N7O3S/c1-3-31(29,30)25-15-12-17-18(23-24-19(17)21-13-15)20(28)22-14-4-6-16(7-5-14)27-10-8-26(2)9-11-27/h3-7,12-13,25H,1,8-11H2,2H3,(H,22,28)(H,21,23,24). The lowest BCUT2D eigenvalue weighted by molar-refractivity contribution is 0.102. The molecule has 1 aliphatic heterocycles. The van der Waals surface area contributed by atoms with Crippen LogP contribution in [0.25, 0.3) is 11.0 Å². The summed E-state index contributed by atoms with van der Waals surface area (Å²) in [6.07, 6.45) is 1.32. The van der Waals surface area contributed by atoms with E-state index in [1.165, 1.54) is 12.3 Å². The molecule has 4 rings (SSSR count). The Morgan fingerprint density at radius 1 is 1.16 bits per heavy atom. The van der Waals surface area contributed by atoms with Gasteiger partial charge in [0, 0.05) is 43.0 Å². The Morgan fingerprint density at radius 3 is 2.55 bits per heavy atom. The number of carbonyl (C=O) groups excluding carboxylic acids is 1. The molecule has 1 aromatic carbocycles. The van der Waals surface area contributed by atoms with E-state index in [2.05, 4.69) is 48.6 Å². The smallest absolute Gasteiger partial charge is 0.274 e. The number of hydrogen-bond donors (Lipinski definition) is 3. The van der Waals surface area contributed by atoms with Crippen LogP contribution in [0, 0.1) is 0 Å². The summed E-state index contributed by atoms with van der Waals surface area (Å²) in [6, 6.07) is 9.17. The maximum Gasteiger partial charge on any atom is 0.274 e. The second kappa shape index (κ2) is 8.36. The van der Waals surface area contributed by atoms with Crippen LogP contribution in [0.1, 0.15) is 10.5 Å². The molecule has 1 amide bonds. The molecule has 0 atom stereocenters. The second-order valence-electron chi connectivity index (χ2n) is 7.30. The summed E-state index contributed by atoms with van der Waals surface area (Å²) >= 11 is 0. The number of aromatic nitrogens is 3. The fourth-order valence-electron chi connectivity index (χ4n) is 3.35. The number of sulfonamides is 1. The van der Waals surface area contributed by atoms with Crippen molar-refractivity contribution < 1.29 is 13.2 Å². The van der Waals surface area contributed by atoms with Crippen molar-refractivity contribution in [2.24, 2.45) is 0 Å². The number of rotatable bonds is 6. The molecule has 11 heteroatoms. The van der Waals surface area contributed by atoms with Crippen molar-refractivity contribution in [2.75, 3.05) is 48.2 Å². The summed E-state index contributed by atoms with van der Waals surface area (Å²) < 4.78 is 25.7. The largest absolute Gasteiger partial charge is 0.369 e. The summed E-state index contributed by atoms with van der Waals surface area (Å²) in [5.74, 6) is -0.402. The van der Waals surface area contributed by atoms with Crippen LogP contribution >= 0.6 is 0 Å². The molecule has 0 radical (unpaired) electrons. The number of anilines is 3. The van der Waals surface area contributed by atoms with Gasteiger partial charge in [0.1, 0.15) is 5.69 Å². The van der Waals surface area contributed by atoms with Gasteiger partial charge in [-0.25, -0.2) is 13.4 Å². The molecule has 2 aromatic heterocycles. The van der Waals surface area contributed by atoms with Crippen LogP contribution in [0.3, 0.4) is 0 Å². The Hall–Kier alpha value is -3.44. The molecule has 10 nitrogen and oxygen atoms in total. The van der Waals surface area contributed by atoms with E-state index in [-0.39, 0.29) is 11.4 Å². The van der Waals surface area contributed by atoms with Crippen LogP contribution in [0.4, 0.5) is 17.1 Å². The normalized spacial score (nSPS) is 15.1. The van der Waals surface area contributed by atoms with E-state index in [0.29, 0.717) is 16.7 Å². The monoisotopic (exact) mass is 441 g/mol. The average Bonchev–Trinajstić information content (AvgIpc) is 3.18. The van der Waals surface area contributed by atoms with Gasteiger partial charge in [0.25, 0.3) is 15.9 Å². The third kappa shape index (κ3) is 4.67. The van der Waals surface area contributed by atoms with E-state index in [0.717, 1.165) is 37.3 Å². The van der Waals surface area contributed by atoms with E-state index in [4.69, 9.17) is 0 Å². The molecule has 1 saturated heterocycles. The van der Waals surface area contributed by atoms with E-state index in [9.17, 15) is 13.2 Å². The van der Waals surface area contributed by atoms with Gasteiger partial charge in [-0.15, -0.1) is 0 Å². The highest BCUT2D eigenvalue weighted by atomic mass is 32.2. The first-order valence-corrected chi connectivity index (χ1v) is 11.2. The Balaban J connectivity index is 1.50. The first kappa shape index (κ1) is 20.8. The highest BCUT2D eigenvalue weighted by Crippen LogP contribution is 2.22. The zero-order valence-corrected chi connectivity index (χ0v) is 17.8. The number of pyridine rings is 1. The third-order valence-corrected chi connectivity index (χ3v) is 6.07. The number of benzene rings is 1. The molecule has 3 heterocycles. The maximum absolute atomic E-state index is 12.8. The number of likely N-dealkylation sites (N-methyl/N-ethyl adjacent to an activating group) is 1. The highest BCUT2D eigenvalue weighted by molar-refractivity contribution is 7.95. The molecule has 31 heavy (non-hydrogen) atoms. The predicted octanol–water partition coefficient (Wildman–Crippen LogP) is 1.85. The zero-order chi connectivity index (χ0) is 22.0. The quantitative estimate of drug-likeness (QED) is 0.533. The van der Waals surface area contributed by atoms with Crippen molar-refractivity contribution in [3.63, 3.8) is 0 Å². The minimum Gasteiger partial charge on any atom is -0.369 e. The molecule has 0 aliphatic carbocycles. The van der Waals surface area contributed by atoms with Crippen LogP contribution in [0.15, 0.2) is 48.5 Å². The van der Waals surface area contributed by atoms with Gasteiger partial charge >= 0.3 is 0 Å². The van der Waals surface area contributed by atoms with Crippen LogP contribution in [0.5, 0.6) is 0 Å². The zero-order valence-electron chi connectivity index (χ0n) is 17.0. The van der Waals surface area contributed by atoms with Gasteiger partial charge in [-0.3, -0.25) is 14.6 Å². The lowest BCUT2D eigenvalue weighted by Gasteiger charge is -2.34. The van der Waals surface area contributed by atoms with Crippen molar-refractivity contribution in [3.05, 3.63) is 54.2 Å². The Labute approximate surface area is 180 Å². The number of carbonyl (C=O) groups is 1. The summed E-state index contributed by atoms with van der Waals surface area (Å²) in [5.41, 5.74) is 2.45. The highest BCUT2D eigenvalue weighted by Gasteiger charge is 2.17. The van der Waals surface area contributed by atoms with Crippen LogP contribution < -0.4 is 14.9 Å². The van der Waals surface area contributed by atoms with Crippen molar-refractivity contribution in [1.29, 1.82) is 0 Å². The molecule has 1 fully saturated rings. The third-order valence-electron chi connectivity index (χ3n) is 5.11. The first-order chi connectivity index (χ1) is 14.8. The number of hydrogen-bond acceptors (Lipinski definition) is 7. The number of H-pyrrole nitrogens is 1. The predicted molar refractivity (Wildman–Crippen MR) is 121 cm³/mol. The van der Waals surface area contributed by atoms with E-state index >= 15 is 0 Å². The van der Waals surface area contributed by atoms with Gasteiger partial charge in [-0.05, 0) is 37.4 Å². The van der Waals surface area contributed by atoms with E-state index in [1.807, 2.05) is 24.3 Å². The molecule has 3 aromatic rings. The fourth-order valence-corrected chi connectivity index (χ4v) is 3.87. The Morgan fingerprint density at radius 2 is 1.87 bits per heavy atom. The molecule has 0 unspecified atom stereocenters. The number of nitrogens with zero attached hydrogens (tertiary/aromatic N) is 4. The molecular weight excluding hydrogens is 418 g/mol. The summed E-state index contributed by atoms with van der Waals surface area (Å²) in [4.78, 5) is 21.5. The maximum atomic E-state index is 12.8. The number of piperazine rings is 1. The SMILES string of the molecule is C=CS(=O)(=O)Nc1cnc2n[nH]c(C(=O)Nc3ccc(N4CCN(C)CC4)cc3)c2c1. The van der Waals surface area contributed by atoms with Crippen LogP contribution in [-0.4, -0.2) is 67.6 Å². The summed E-state index contributed by atoms with van der Waals surface area (Å²) in [7, 11) is -1.57. The number of aromatic amines is 1. The van der Waals surface area contributed by atoms with E-state index < -0.39 is 15.9 Å². The molecule has 1 aliphatic rings. The van der Waals surface area contributed by atoms with Crippen LogP contribution in [-0.2, 0) is 10.0 Å². The lowest BCUT2D eigenvalue weighted by atomic mass is 10.2. The number of amides is 1. The van der Waals surface area contributed by atoms with Gasteiger partial charge in [0.15, 0.2) is 5.65 Å². The topological polar surface area (TPSA) is 123 Å². The lowest BCUT2D eigenvalue weighted by Crippen LogP contribution is -2.44. The molecule has 0 spiro atoms. The van der Waals surface area contributed by atoms with Crippen molar-refractivity contribution in [2.45, 2.75) is 0 Å². The molecule has 162 valence electrons. The van der Waals surface area contributed by atoms with E-state index in [1.54, 1.807) is 0 Å². The number of fused-ring (bicyclic) bond motifs is 1. The van der Waals surface area contributed by atoms with Gasteiger partial charge < -0.3 is 15.1 Å². The molecule has 3 N–H and O–H groups in total. The minimum atomic E-state index is -3.69.